The molecule has 1 heterocycles. The van der Waals surface area contributed by atoms with Gasteiger partial charge in [0.15, 0.2) is 5.82 Å². The van der Waals surface area contributed by atoms with Crippen molar-refractivity contribution in [1.82, 2.24) is 15.1 Å². The summed E-state index contributed by atoms with van der Waals surface area (Å²) < 4.78 is 14.4. The first-order valence-electron chi connectivity index (χ1n) is 6.34. The van der Waals surface area contributed by atoms with Gasteiger partial charge in [-0.15, -0.1) is 0 Å². The number of hydrogen-bond acceptors (Lipinski definition) is 2. The van der Waals surface area contributed by atoms with E-state index in [1.54, 1.807) is 22.9 Å². The second-order valence-corrected chi connectivity index (χ2v) is 4.55. The number of rotatable bonds is 4. The van der Waals surface area contributed by atoms with E-state index in [0.29, 0.717) is 18.8 Å². The third kappa shape index (κ3) is 3.81. The molecule has 0 bridgehead atoms. The molecule has 106 valence electrons. The summed E-state index contributed by atoms with van der Waals surface area (Å²) in [5, 5.41) is 9.52. The van der Waals surface area contributed by atoms with E-state index < -0.39 is 0 Å². The highest BCUT2D eigenvalue weighted by atomic mass is 19.1. The molecule has 0 aliphatic rings. The monoisotopic (exact) mass is 276 g/mol. The van der Waals surface area contributed by atoms with Gasteiger partial charge in [0.1, 0.15) is 5.82 Å². The van der Waals surface area contributed by atoms with Gasteiger partial charge in [-0.25, -0.2) is 9.18 Å². The van der Waals surface area contributed by atoms with E-state index in [0.717, 1.165) is 11.3 Å². The van der Waals surface area contributed by atoms with Gasteiger partial charge < -0.3 is 5.32 Å². The first kappa shape index (κ1) is 14.0. The average molecular weight is 276 g/mol. The SMILES string of the molecule is Cc1cc(NC(=O)NCCc2ccc(F)cc2)nn1C. The second kappa shape index (κ2) is 6.18. The molecule has 2 rings (SSSR count). The Kier molecular flexibility index (Phi) is 4.34. The molecule has 0 saturated heterocycles. The summed E-state index contributed by atoms with van der Waals surface area (Å²) in [5.74, 6) is 0.259. The van der Waals surface area contributed by atoms with E-state index in [-0.39, 0.29) is 11.8 Å². The van der Waals surface area contributed by atoms with E-state index in [4.69, 9.17) is 0 Å². The number of aryl methyl sites for hydroxylation is 2. The van der Waals surface area contributed by atoms with E-state index in [2.05, 4.69) is 15.7 Å². The van der Waals surface area contributed by atoms with Crippen LogP contribution >= 0.6 is 0 Å². The maximum atomic E-state index is 12.7. The lowest BCUT2D eigenvalue weighted by Gasteiger charge is -2.05. The standard InChI is InChI=1S/C14H17FN4O/c1-10-9-13(18-19(10)2)17-14(20)16-8-7-11-3-5-12(15)6-4-11/h3-6,9H,7-8H2,1-2H3,(H2,16,17,18,20). The van der Waals surface area contributed by atoms with Gasteiger partial charge in [0.25, 0.3) is 0 Å². The van der Waals surface area contributed by atoms with Crippen LogP contribution in [0.25, 0.3) is 0 Å². The normalized spacial score (nSPS) is 10.3. The van der Waals surface area contributed by atoms with Gasteiger partial charge in [0.05, 0.1) is 0 Å². The average Bonchev–Trinajstić information content (AvgIpc) is 2.70. The molecule has 0 fully saturated rings. The molecular formula is C14H17FN4O. The van der Waals surface area contributed by atoms with E-state index in [1.807, 2.05) is 14.0 Å². The number of nitrogens with one attached hydrogen (secondary N) is 2. The molecule has 0 unspecified atom stereocenters. The fourth-order valence-corrected chi connectivity index (χ4v) is 1.75. The smallest absolute Gasteiger partial charge is 0.320 e. The zero-order chi connectivity index (χ0) is 14.5. The van der Waals surface area contributed by atoms with Gasteiger partial charge in [-0.05, 0) is 31.0 Å². The number of amides is 2. The molecule has 2 amide bonds. The summed E-state index contributed by atoms with van der Waals surface area (Å²) >= 11 is 0. The number of nitrogens with zero attached hydrogens (tertiary/aromatic N) is 2. The van der Waals surface area contributed by atoms with Crippen molar-refractivity contribution in [3.63, 3.8) is 0 Å². The van der Waals surface area contributed by atoms with Crippen LogP contribution in [-0.2, 0) is 13.5 Å². The number of carbonyl (C=O) groups excluding carboxylic acids is 1. The number of halogens is 1. The zero-order valence-corrected chi connectivity index (χ0v) is 11.5. The number of aromatic nitrogens is 2. The molecule has 0 aliphatic carbocycles. The molecule has 2 N–H and O–H groups in total. The highest BCUT2D eigenvalue weighted by Crippen LogP contribution is 2.06. The Morgan fingerprint density at radius 1 is 1.35 bits per heavy atom. The number of hydrogen-bond donors (Lipinski definition) is 2. The second-order valence-electron chi connectivity index (χ2n) is 4.55. The zero-order valence-electron chi connectivity index (χ0n) is 11.5. The molecule has 0 radical (unpaired) electrons. The minimum absolute atomic E-state index is 0.259. The molecule has 0 saturated carbocycles. The minimum atomic E-state index is -0.301. The lowest BCUT2D eigenvalue weighted by molar-refractivity contribution is 0.252. The van der Waals surface area contributed by atoms with Crippen LogP contribution in [0, 0.1) is 12.7 Å². The third-order valence-electron chi connectivity index (χ3n) is 2.97. The number of anilines is 1. The maximum absolute atomic E-state index is 12.7. The Balaban J connectivity index is 1.76. The summed E-state index contributed by atoms with van der Waals surface area (Å²) in [6, 6.07) is 7.72. The Morgan fingerprint density at radius 3 is 2.65 bits per heavy atom. The van der Waals surface area contributed by atoms with Crippen LogP contribution in [0.1, 0.15) is 11.3 Å². The number of carbonyl (C=O) groups is 1. The Morgan fingerprint density at radius 2 is 2.05 bits per heavy atom. The lowest BCUT2D eigenvalue weighted by atomic mass is 10.1. The lowest BCUT2D eigenvalue weighted by Crippen LogP contribution is -2.30. The predicted molar refractivity (Wildman–Crippen MR) is 75.1 cm³/mol. The minimum Gasteiger partial charge on any atom is -0.337 e. The van der Waals surface area contributed by atoms with Gasteiger partial charge in [0, 0.05) is 25.4 Å². The van der Waals surface area contributed by atoms with Crippen LogP contribution in [0.3, 0.4) is 0 Å². The fourth-order valence-electron chi connectivity index (χ4n) is 1.75. The van der Waals surface area contributed by atoms with Gasteiger partial charge >= 0.3 is 6.03 Å². The van der Waals surface area contributed by atoms with Crippen LogP contribution in [0.5, 0.6) is 0 Å². The van der Waals surface area contributed by atoms with Crippen LogP contribution in [-0.4, -0.2) is 22.4 Å². The molecule has 2 aromatic rings. The molecule has 20 heavy (non-hydrogen) atoms. The van der Waals surface area contributed by atoms with Crippen LogP contribution < -0.4 is 10.6 Å². The third-order valence-corrected chi connectivity index (χ3v) is 2.97. The van der Waals surface area contributed by atoms with E-state index >= 15 is 0 Å². The van der Waals surface area contributed by atoms with Crippen LogP contribution in [0.15, 0.2) is 30.3 Å². The van der Waals surface area contributed by atoms with Crippen molar-refractivity contribution in [3.8, 4) is 0 Å². The molecule has 1 aromatic heterocycles. The van der Waals surface area contributed by atoms with Gasteiger partial charge in [-0.1, -0.05) is 12.1 Å². The van der Waals surface area contributed by atoms with Crippen molar-refractivity contribution in [2.45, 2.75) is 13.3 Å². The number of urea groups is 1. The summed E-state index contributed by atoms with van der Waals surface area (Å²) in [7, 11) is 1.81. The molecule has 6 heteroatoms. The van der Waals surface area contributed by atoms with Crippen LogP contribution in [0.2, 0.25) is 0 Å². The van der Waals surface area contributed by atoms with Crippen LogP contribution in [0.4, 0.5) is 15.0 Å². The Labute approximate surface area is 116 Å². The van der Waals surface area contributed by atoms with E-state index in [9.17, 15) is 9.18 Å². The highest BCUT2D eigenvalue weighted by Gasteiger charge is 2.05. The van der Waals surface area contributed by atoms with Gasteiger partial charge in [0.2, 0.25) is 0 Å². The van der Waals surface area contributed by atoms with Crippen molar-refractivity contribution in [2.24, 2.45) is 7.05 Å². The van der Waals surface area contributed by atoms with E-state index in [1.165, 1.54) is 12.1 Å². The summed E-state index contributed by atoms with van der Waals surface area (Å²) in [6.45, 7) is 2.38. The van der Waals surface area contributed by atoms with Gasteiger partial charge in [-0.2, -0.15) is 5.10 Å². The largest absolute Gasteiger partial charge is 0.337 e. The topological polar surface area (TPSA) is 59.0 Å². The summed E-state index contributed by atoms with van der Waals surface area (Å²) in [4.78, 5) is 11.6. The first-order valence-corrected chi connectivity index (χ1v) is 6.34. The first-order chi connectivity index (χ1) is 9.54. The van der Waals surface area contributed by atoms with Gasteiger partial charge in [-0.3, -0.25) is 10.00 Å². The Bertz CT molecular complexity index is 572. The summed E-state index contributed by atoms with van der Waals surface area (Å²) in [5.41, 5.74) is 1.94. The maximum Gasteiger partial charge on any atom is 0.320 e. The van der Waals surface area contributed by atoms with Crippen molar-refractivity contribution >= 4 is 11.8 Å². The highest BCUT2D eigenvalue weighted by molar-refractivity contribution is 5.88. The molecule has 0 spiro atoms. The van der Waals surface area contributed by atoms with Crippen molar-refractivity contribution in [3.05, 3.63) is 47.4 Å². The molecule has 0 aliphatic heterocycles. The molecule has 5 nitrogen and oxygen atoms in total. The Hall–Kier alpha value is -2.37. The number of benzene rings is 1. The summed E-state index contributed by atoms with van der Waals surface area (Å²) in [6.07, 6.45) is 0.648. The fraction of sp³-hybridized carbons (Fsp3) is 0.286. The van der Waals surface area contributed by atoms with Crippen molar-refractivity contribution in [1.29, 1.82) is 0 Å². The quantitative estimate of drug-likeness (QED) is 0.899. The van der Waals surface area contributed by atoms with Crippen molar-refractivity contribution < 1.29 is 9.18 Å². The molecule has 0 atom stereocenters. The molecule has 1 aromatic carbocycles. The molecular weight excluding hydrogens is 259 g/mol. The van der Waals surface area contributed by atoms with Crippen molar-refractivity contribution in [2.75, 3.05) is 11.9 Å². The predicted octanol–water partition coefficient (Wildman–Crippen LogP) is 2.23.